The largest absolute Gasteiger partial charge is 0.454 e. The van der Waals surface area contributed by atoms with E-state index in [0.29, 0.717) is 12.7 Å². The van der Waals surface area contributed by atoms with Gasteiger partial charge in [0.2, 0.25) is 6.79 Å². The van der Waals surface area contributed by atoms with Gasteiger partial charge in [0.25, 0.3) is 0 Å². The molecule has 0 bridgehead atoms. The zero-order valence-electron chi connectivity index (χ0n) is 11.1. The van der Waals surface area contributed by atoms with E-state index in [-0.39, 0.29) is 0 Å². The van der Waals surface area contributed by atoms with Gasteiger partial charge in [0.05, 0.1) is 0 Å². The second-order valence-corrected chi connectivity index (χ2v) is 5.77. The molecule has 2 atom stereocenters. The fourth-order valence-electron chi connectivity index (χ4n) is 2.58. The zero-order chi connectivity index (χ0) is 12.5. The summed E-state index contributed by atoms with van der Waals surface area (Å²) in [6, 6.07) is 6.37. The van der Waals surface area contributed by atoms with Crippen LogP contribution in [0.25, 0.3) is 0 Å². The summed E-state index contributed by atoms with van der Waals surface area (Å²) >= 11 is 0. The summed E-state index contributed by atoms with van der Waals surface area (Å²) in [5.74, 6) is 4.03. The van der Waals surface area contributed by atoms with Gasteiger partial charge in [0, 0.05) is 0 Å². The van der Waals surface area contributed by atoms with Crippen molar-refractivity contribution in [1.82, 2.24) is 5.32 Å². The third-order valence-corrected chi connectivity index (χ3v) is 3.71. The summed E-state index contributed by atoms with van der Waals surface area (Å²) in [7, 11) is 0. The molecule has 3 nitrogen and oxygen atoms in total. The molecule has 1 aliphatic heterocycles. The zero-order valence-corrected chi connectivity index (χ0v) is 11.1. The molecule has 0 amide bonds. The highest BCUT2D eigenvalue weighted by molar-refractivity contribution is 5.46. The summed E-state index contributed by atoms with van der Waals surface area (Å²) in [5.41, 5.74) is 1.40. The lowest BCUT2D eigenvalue weighted by atomic mass is 10.1. The molecule has 98 valence electrons. The lowest BCUT2D eigenvalue weighted by molar-refractivity contribution is 0.174. The van der Waals surface area contributed by atoms with Crippen LogP contribution in [0, 0.1) is 11.8 Å². The molecule has 1 aromatic carbocycles. The average Bonchev–Trinajstić information content (AvgIpc) is 2.96. The molecule has 0 saturated heterocycles. The highest BCUT2D eigenvalue weighted by Gasteiger charge is 2.38. The summed E-state index contributed by atoms with van der Waals surface area (Å²) in [6.45, 7) is 7.11. The molecule has 1 N–H and O–H groups in total. The Morgan fingerprint density at radius 2 is 2.11 bits per heavy atom. The first-order valence-electron chi connectivity index (χ1n) is 6.84. The van der Waals surface area contributed by atoms with E-state index in [0.717, 1.165) is 36.4 Å². The predicted molar refractivity (Wildman–Crippen MR) is 71.1 cm³/mol. The molecular weight excluding hydrogens is 226 g/mol. The molecule has 2 unspecified atom stereocenters. The van der Waals surface area contributed by atoms with Crippen molar-refractivity contribution < 1.29 is 9.47 Å². The van der Waals surface area contributed by atoms with Gasteiger partial charge in [-0.15, -0.1) is 0 Å². The Morgan fingerprint density at radius 1 is 1.28 bits per heavy atom. The molecular formula is C15H21NO2. The first-order valence-corrected chi connectivity index (χ1v) is 6.84. The maximum absolute atomic E-state index is 5.43. The maximum Gasteiger partial charge on any atom is 0.231 e. The van der Waals surface area contributed by atoms with Gasteiger partial charge in [-0.1, -0.05) is 19.9 Å². The topological polar surface area (TPSA) is 30.5 Å². The van der Waals surface area contributed by atoms with Crippen LogP contribution in [-0.4, -0.2) is 19.9 Å². The summed E-state index contributed by atoms with van der Waals surface area (Å²) in [6.07, 6.45) is 1.30. The Bertz CT molecular complexity index is 431. The van der Waals surface area contributed by atoms with Gasteiger partial charge in [0.15, 0.2) is 11.5 Å². The molecule has 3 rings (SSSR count). The van der Waals surface area contributed by atoms with Crippen molar-refractivity contribution in [2.45, 2.75) is 26.2 Å². The Hall–Kier alpha value is -1.22. The van der Waals surface area contributed by atoms with Crippen LogP contribution in [0.4, 0.5) is 0 Å². The van der Waals surface area contributed by atoms with Crippen molar-refractivity contribution in [3.05, 3.63) is 23.8 Å². The third-order valence-electron chi connectivity index (χ3n) is 3.71. The van der Waals surface area contributed by atoms with Crippen LogP contribution in [0.1, 0.15) is 31.7 Å². The van der Waals surface area contributed by atoms with Gasteiger partial charge in [-0.3, -0.25) is 0 Å². The normalized spacial score (nSPS) is 24.6. The molecule has 1 saturated carbocycles. The molecule has 3 heteroatoms. The van der Waals surface area contributed by atoms with Crippen LogP contribution < -0.4 is 14.8 Å². The van der Waals surface area contributed by atoms with Gasteiger partial charge in [-0.25, -0.2) is 0 Å². The number of hydrogen-bond donors (Lipinski definition) is 1. The van der Waals surface area contributed by atoms with Crippen molar-refractivity contribution in [2.75, 3.05) is 19.9 Å². The van der Waals surface area contributed by atoms with E-state index in [2.05, 4.69) is 31.3 Å². The molecule has 1 heterocycles. The fourth-order valence-corrected chi connectivity index (χ4v) is 2.58. The Kier molecular flexibility index (Phi) is 3.16. The highest BCUT2D eigenvalue weighted by atomic mass is 16.7. The molecule has 18 heavy (non-hydrogen) atoms. The van der Waals surface area contributed by atoms with E-state index in [4.69, 9.17) is 9.47 Å². The number of benzene rings is 1. The number of nitrogens with one attached hydrogen (secondary N) is 1. The minimum absolute atomic E-state index is 0.364. The van der Waals surface area contributed by atoms with E-state index >= 15 is 0 Å². The number of fused-ring (bicyclic) bond motifs is 1. The monoisotopic (exact) mass is 247 g/mol. The van der Waals surface area contributed by atoms with Crippen LogP contribution in [0.15, 0.2) is 18.2 Å². The van der Waals surface area contributed by atoms with Gasteiger partial charge in [-0.05, 0) is 55.0 Å². The quantitative estimate of drug-likeness (QED) is 0.868. The SMILES string of the molecule is CC(C)CNCC1CC1c1ccc2c(c1)OCO2. The molecule has 2 aliphatic rings. The minimum atomic E-state index is 0.364. The van der Waals surface area contributed by atoms with Crippen LogP contribution >= 0.6 is 0 Å². The first-order chi connectivity index (χ1) is 8.74. The molecule has 1 fully saturated rings. The predicted octanol–water partition coefficient (Wildman–Crippen LogP) is 2.76. The first kappa shape index (κ1) is 11.8. The number of rotatable bonds is 5. The smallest absolute Gasteiger partial charge is 0.231 e. The van der Waals surface area contributed by atoms with Crippen LogP contribution in [-0.2, 0) is 0 Å². The van der Waals surface area contributed by atoms with Crippen LogP contribution in [0.3, 0.4) is 0 Å². The molecule has 0 spiro atoms. The van der Waals surface area contributed by atoms with E-state index in [1.54, 1.807) is 0 Å². The van der Waals surface area contributed by atoms with E-state index in [1.807, 2.05) is 6.07 Å². The van der Waals surface area contributed by atoms with E-state index < -0.39 is 0 Å². The second kappa shape index (κ2) is 4.81. The number of ether oxygens (including phenoxy) is 2. The van der Waals surface area contributed by atoms with Gasteiger partial charge in [-0.2, -0.15) is 0 Å². The Labute approximate surface area is 108 Å². The fraction of sp³-hybridized carbons (Fsp3) is 0.600. The summed E-state index contributed by atoms with van der Waals surface area (Å²) in [4.78, 5) is 0. The van der Waals surface area contributed by atoms with Crippen molar-refractivity contribution in [2.24, 2.45) is 11.8 Å². The minimum Gasteiger partial charge on any atom is -0.454 e. The Morgan fingerprint density at radius 3 is 2.94 bits per heavy atom. The Balaban J connectivity index is 1.54. The van der Waals surface area contributed by atoms with E-state index in [9.17, 15) is 0 Å². The van der Waals surface area contributed by atoms with Crippen molar-refractivity contribution in [1.29, 1.82) is 0 Å². The van der Waals surface area contributed by atoms with Gasteiger partial charge in [0.1, 0.15) is 0 Å². The van der Waals surface area contributed by atoms with Crippen LogP contribution in [0.2, 0.25) is 0 Å². The van der Waals surface area contributed by atoms with E-state index in [1.165, 1.54) is 12.0 Å². The van der Waals surface area contributed by atoms with Crippen molar-refractivity contribution in [3.63, 3.8) is 0 Å². The summed E-state index contributed by atoms with van der Waals surface area (Å²) in [5, 5.41) is 3.54. The van der Waals surface area contributed by atoms with Crippen LogP contribution in [0.5, 0.6) is 11.5 Å². The molecule has 0 radical (unpaired) electrons. The van der Waals surface area contributed by atoms with Crippen molar-refractivity contribution >= 4 is 0 Å². The van der Waals surface area contributed by atoms with Gasteiger partial charge < -0.3 is 14.8 Å². The highest BCUT2D eigenvalue weighted by Crippen LogP contribution is 2.49. The lowest BCUT2D eigenvalue weighted by Crippen LogP contribution is -2.22. The van der Waals surface area contributed by atoms with Crippen molar-refractivity contribution in [3.8, 4) is 11.5 Å². The lowest BCUT2D eigenvalue weighted by Gasteiger charge is -2.07. The number of hydrogen-bond acceptors (Lipinski definition) is 3. The summed E-state index contributed by atoms with van der Waals surface area (Å²) < 4.78 is 10.8. The average molecular weight is 247 g/mol. The van der Waals surface area contributed by atoms with Gasteiger partial charge >= 0.3 is 0 Å². The molecule has 1 aromatic rings. The molecule has 0 aromatic heterocycles. The second-order valence-electron chi connectivity index (χ2n) is 5.77. The third kappa shape index (κ3) is 2.46. The maximum atomic E-state index is 5.43. The molecule has 1 aliphatic carbocycles. The standard InChI is InChI=1S/C15H21NO2/c1-10(2)7-16-8-12-5-13(12)11-3-4-14-15(6-11)18-9-17-14/h3-4,6,10,12-13,16H,5,7-9H2,1-2H3.